The molecule has 3 N–H and O–H groups in total. The molecular formula is C19H30N2O4P+. The molecule has 0 aliphatic carbocycles. The van der Waals surface area contributed by atoms with E-state index in [-0.39, 0.29) is 13.2 Å². The Labute approximate surface area is 157 Å². The van der Waals surface area contributed by atoms with Crippen molar-refractivity contribution in [3.63, 3.8) is 0 Å². The van der Waals surface area contributed by atoms with Crippen LogP contribution in [0.3, 0.4) is 0 Å². The predicted octanol–water partition coefficient (Wildman–Crippen LogP) is 3.49. The number of aliphatic hydroxyl groups is 1. The third-order valence-corrected chi connectivity index (χ3v) is 4.58. The van der Waals surface area contributed by atoms with Gasteiger partial charge in [-0.2, -0.15) is 5.26 Å². The van der Waals surface area contributed by atoms with Gasteiger partial charge in [0, 0.05) is 0 Å². The van der Waals surface area contributed by atoms with Gasteiger partial charge < -0.3 is 15.6 Å². The van der Waals surface area contributed by atoms with Gasteiger partial charge in [0.05, 0.1) is 24.3 Å². The second kappa shape index (κ2) is 12.8. The highest BCUT2D eigenvalue weighted by Gasteiger charge is 2.26. The SMILES string of the molecule is CCCCCCCOc1ccc(CCC(N)(CO)CO[PH+]=O)cc1C#N. The molecule has 144 valence electrons. The van der Waals surface area contributed by atoms with E-state index in [9.17, 15) is 14.9 Å². The van der Waals surface area contributed by atoms with Crippen LogP contribution in [0.15, 0.2) is 18.2 Å². The fourth-order valence-corrected chi connectivity index (χ4v) is 2.94. The molecule has 2 unspecified atom stereocenters. The molecule has 0 saturated heterocycles. The van der Waals surface area contributed by atoms with Crippen molar-refractivity contribution < 1.29 is 18.9 Å². The van der Waals surface area contributed by atoms with E-state index in [1.165, 1.54) is 19.3 Å². The van der Waals surface area contributed by atoms with Crippen LogP contribution in [0.2, 0.25) is 0 Å². The molecule has 6 nitrogen and oxygen atoms in total. The molecule has 7 heteroatoms. The Morgan fingerprint density at radius 3 is 2.73 bits per heavy atom. The highest BCUT2D eigenvalue weighted by Crippen LogP contribution is 2.22. The van der Waals surface area contributed by atoms with Crippen molar-refractivity contribution in [1.29, 1.82) is 5.26 Å². The fourth-order valence-electron chi connectivity index (χ4n) is 2.60. The van der Waals surface area contributed by atoms with E-state index in [1.54, 1.807) is 6.07 Å². The van der Waals surface area contributed by atoms with Crippen LogP contribution in [0.4, 0.5) is 0 Å². The summed E-state index contributed by atoms with van der Waals surface area (Å²) in [5.41, 5.74) is 6.54. The topological polar surface area (TPSA) is 106 Å². The largest absolute Gasteiger partial charge is 0.494 e. The van der Waals surface area contributed by atoms with E-state index in [4.69, 9.17) is 15.0 Å². The maximum Gasteiger partial charge on any atom is 0.494 e. The standard InChI is InChI=1S/C19H30N2O4P/c1-2-3-4-5-6-11-24-18-8-7-16(12-17(18)13-20)9-10-19(21,14-22)15-25-26-23/h7-8,12,22,26H,2-6,9-11,14-15,21H2,1H3/q+1. The Bertz CT molecular complexity index is 591. The highest BCUT2D eigenvalue weighted by atomic mass is 31.1. The lowest BCUT2D eigenvalue weighted by Crippen LogP contribution is -2.47. The van der Waals surface area contributed by atoms with Crippen molar-refractivity contribution in [1.82, 2.24) is 0 Å². The Morgan fingerprint density at radius 2 is 2.08 bits per heavy atom. The van der Waals surface area contributed by atoms with Gasteiger partial charge in [-0.1, -0.05) is 38.7 Å². The quantitative estimate of drug-likeness (QED) is 0.377. The first-order valence-corrected chi connectivity index (χ1v) is 9.94. The van der Waals surface area contributed by atoms with Crippen LogP contribution in [-0.2, 0) is 15.5 Å². The number of unbranched alkanes of at least 4 members (excludes halogenated alkanes) is 4. The minimum atomic E-state index is -0.947. The number of aryl methyl sites for hydroxylation is 1. The van der Waals surface area contributed by atoms with Crippen molar-refractivity contribution in [2.45, 2.75) is 57.4 Å². The number of nitrogens with two attached hydrogens (primary N) is 1. The molecule has 0 aliphatic rings. The molecule has 0 bridgehead atoms. The molecule has 1 aromatic rings. The molecule has 0 spiro atoms. The zero-order chi connectivity index (χ0) is 19.3. The predicted molar refractivity (Wildman–Crippen MR) is 103 cm³/mol. The first kappa shape index (κ1) is 22.5. The van der Waals surface area contributed by atoms with Crippen LogP contribution in [0.5, 0.6) is 5.75 Å². The number of nitriles is 1. The van der Waals surface area contributed by atoms with Gasteiger partial charge in [0.15, 0.2) is 0 Å². The van der Waals surface area contributed by atoms with Gasteiger partial charge in [0.25, 0.3) is 0 Å². The molecule has 2 atom stereocenters. The first-order valence-electron chi connectivity index (χ1n) is 9.13. The van der Waals surface area contributed by atoms with E-state index in [0.717, 1.165) is 18.4 Å². The lowest BCUT2D eigenvalue weighted by atomic mass is 9.93. The van der Waals surface area contributed by atoms with Crippen LogP contribution in [0, 0.1) is 11.3 Å². The Hall–Kier alpha value is -1.51. The van der Waals surface area contributed by atoms with Crippen molar-refractivity contribution in [3.8, 4) is 11.8 Å². The van der Waals surface area contributed by atoms with Crippen LogP contribution in [-0.4, -0.2) is 30.5 Å². The monoisotopic (exact) mass is 381 g/mol. The summed E-state index contributed by atoms with van der Waals surface area (Å²) in [7, 11) is -0.900. The summed E-state index contributed by atoms with van der Waals surface area (Å²) in [6.07, 6.45) is 6.83. The normalized spacial score (nSPS) is 13.3. The molecule has 26 heavy (non-hydrogen) atoms. The summed E-state index contributed by atoms with van der Waals surface area (Å²) < 4.78 is 21.0. The third-order valence-electron chi connectivity index (χ3n) is 4.31. The number of rotatable bonds is 14. The Morgan fingerprint density at radius 1 is 1.31 bits per heavy atom. The van der Waals surface area contributed by atoms with Crippen molar-refractivity contribution in [2.75, 3.05) is 19.8 Å². The number of aliphatic hydroxyl groups excluding tert-OH is 1. The molecule has 0 fully saturated rings. The fraction of sp³-hybridized carbons (Fsp3) is 0.632. The summed E-state index contributed by atoms with van der Waals surface area (Å²) >= 11 is 0. The van der Waals surface area contributed by atoms with Gasteiger partial charge in [-0.15, -0.1) is 4.52 Å². The number of nitrogens with zero attached hydrogens (tertiary/aromatic N) is 1. The average Bonchev–Trinajstić information content (AvgIpc) is 2.67. The van der Waals surface area contributed by atoms with Gasteiger partial charge >= 0.3 is 8.69 Å². The third kappa shape index (κ3) is 8.25. The zero-order valence-electron chi connectivity index (χ0n) is 15.5. The Kier molecular flexibility index (Phi) is 11.1. The molecular weight excluding hydrogens is 351 g/mol. The zero-order valence-corrected chi connectivity index (χ0v) is 16.5. The summed E-state index contributed by atoms with van der Waals surface area (Å²) in [5, 5.41) is 18.8. The maximum absolute atomic E-state index is 10.5. The summed E-state index contributed by atoms with van der Waals surface area (Å²) in [6.45, 7) is 2.56. The molecule has 0 aliphatic heterocycles. The van der Waals surface area contributed by atoms with Crippen molar-refractivity contribution >= 4 is 8.69 Å². The van der Waals surface area contributed by atoms with Crippen LogP contribution >= 0.6 is 8.69 Å². The van der Waals surface area contributed by atoms with Crippen molar-refractivity contribution in [3.05, 3.63) is 29.3 Å². The van der Waals surface area contributed by atoms with E-state index in [2.05, 4.69) is 13.0 Å². The molecule has 0 amide bonds. The molecule has 1 aromatic carbocycles. The van der Waals surface area contributed by atoms with Gasteiger partial charge in [0.1, 0.15) is 18.4 Å². The number of hydrogen-bond acceptors (Lipinski definition) is 6. The Balaban J connectivity index is 2.56. The van der Waals surface area contributed by atoms with E-state index < -0.39 is 14.2 Å². The summed E-state index contributed by atoms with van der Waals surface area (Å²) in [6, 6.07) is 7.68. The van der Waals surface area contributed by atoms with Gasteiger partial charge in [-0.3, -0.25) is 0 Å². The van der Waals surface area contributed by atoms with E-state index in [0.29, 0.717) is 30.8 Å². The summed E-state index contributed by atoms with van der Waals surface area (Å²) in [5.74, 6) is 0.601. The lowest BCUT2D eigenvalue weighted by molar-refractivity contribution is 0.133. The minimum Gasteiger partial charge on any atom is -0.492 e. The average molecular weight is 381 g/mol. The lowest BCUT2D eigenvalue weighted by Gasteiger charge is -2.24. The smallest absolute Gasteiger partial charge is 0.492 e. The van der Waals surface area contributed by atoms with Gasteiger partial charge in [0.2, 0.25) is 0 Å². The maximum atomic E-state index is 10.5. The van der Waals surface area contributed by atoms with E-state index in [1.807, 2.05) is 12.1 Å². The van der Waals surface area contributed by atoms with Crippen LogP contribution in [0.25, 0.3) is 0 Å². The van der Waals surface area contributed by atoms with Crippen LogP contribution in [0.1, 0.15) is 56.6 Å². The van der Waals surface area contributed by atoms with Crippen LogP contribution < -0.4 is 10.5 Å². The molecule has 0 aromatic heterocycles. The van der Waals surface area contributed by atoms with E-state index >= 15 is 0 Å². The van der Waals surface area contributed by atoms with Gasteiger partial charge in [-0.25, -0.2) is 0 Å². The first-order chi connectivity index (χ1) is 12.6. The number of ether oxygens (including phenoxy) is 1. The number of hydrogen-bond donors (Lipinski definition) is 2. The highest BCUT2D eigenvalue weighted by molar-refractivity contribution is 7.17. The minimum absolute atomic E-state index is 0.0236. The second-order valence-corrected chi connectivity index (χ2v) is 7.05. The second-order valence-electron chi connectivity index (χ2n) is 6.60. The summed E-state index contributed by atoms with van der Waals surface area (Å²) in [4.78, 5) is 0. The van der Waals surface area contributed by atoms with Gasteiger partial charge in [-0.05, 0) is 41.5 Å². The number of benzene rings is 1. The molecule has 0 radical (unpaired) electrons. The molecule has 0 heterocycles. The molecule has 0 saturated carbocycles. The molecule has 1 rings (SSSR count). The van der Waals surface area contributed by atoms with Crippen molar-refractivity contribution in [2.24, 2.45) is 5.73 Å².